The smallest absolute Gasteiger partial charge is 0.137 e. The molecule has 3 nitrogen and oxygen atoms in total. The van der Waals surface area contributed by atoms with Gasteiger partial charge in [0.25, 0.3) is 0 Å². The van der Waals surface area contributed by atoms with Crippen LogP contribution in [0.4, 0.5) is 0 Å². The van der Waals surface area contributed by atoms with E-state index < -0.39 is 0 Å². The number of alkyl halides is 1. The molecular formula is C16H20BrNO2. The number of fused-ring (bicyclic) bond motifs is 1. The molecule has 0 aliphatic carbocycles. The Bertz CT molecular complexity index is 604. The Morgan fingerprint density at radius 1 is 1.35 bits per heavy atom. The molecule has 0 amide bonds. The number of carbonyl (C=O) groups excluding carboxylic acids is 1. The molecular weight excluding hydrogens is 318 g/mol. The zero-order valence-corrected chi connectivity index (χ0v) is 13.6. The number of ketones is 1. The first-order chi connectivity index (χ1) is 9.65. The minimum absolute atomic E-state index is 0.307. The van der Waals surface area contributed by atoms with Crippen LogP contribution in [0.15, 0.2) is 24.4 Å². The Hall–Kier alpha value is -1.29. The van der Waals surface area contributed by atoms with Crippen LogP contribution in [0.3, 0.4) is 0 Å². The monoisotopic (exact) mass is 337 g/mol. The fourth-order valence-corrected chi connectivity index (χ4v) is 2.83. The third-order valence-electron chi connectivity index (χ3n) is 3.51. The maximum Gasteiger partial charge on any atom is 0.137 e. The molecule has 0 N–H and O–H groups in total. The van der Waals surface area contributed by atoms with Gasteiger partial charge in [-0.1, -0.05) is 15.9 Å². The highest BCUT2D eigenvalue weighted by Gasteiger charge is 2.11. The summed E-state index contributed by atoms with van der Waals surface area (Å²) in [5, 5.41) is 2.08. The molecule has 0 unspecified atom stereocenters. The van der Waals surface area contributed by atoms with E-state index in [1.54, 1.807) is 7.11 Å². The lowest BCUT2D eigenvalue weighted by atomic mass is 10.0. The molecule has 1 aromatic carbocycles. The molecule has 0 saturated heterocycles. The van der Waals surface area contributed by atoms with Gasteiger partial charge in [-0.2, -0.15) is 0 Å². The van der Waals surface area contributed by atoms with E-state index in [0.29, 0.717) is 18.6 Å². The van der Waals surface area contributed by atoms with E-state index in [-0.39, 0.29) is 0 Å². The zero-order chi connectivity index (χ0) is 14.5. The highest BCUT2D eigenvalue weighted by Crippen LogP contribution is 2.26. The number of aryl methyl sites for hydroxylation is 1. The highest BCUT2D eigenvalue weighted by atomic mass is 79.9. The lowest BCUT2D eigenvalue weighted by Gasteiger charge is -2.02. The third-order valence-corrected chi connectivity index (χ3v) is 4.07. The Kier molecular flexibility index (Phi) is 5.24. The second-order valence-corrected chi connectivity index (χ2v) is 5.80. The quantitative estimate of drug-likeness (QED) is 0.567. The van der Waals surface area contributed by atoms with E-state index in [1.165, 1.54) is 0 Å². The van der Waals surface area contributed by atoms with Gasteiger partial charge in [0.05, 0.1) is 7.11 Å². The summed E-state index contributed by atoms with van der Waals surface area (Å²) in [6, 6.07) is 5.99. The standard InChI is InChI=1S/C16H20BrNO2/c1-18-11-12(9-13(19)5-3-4-8-17)15-10-14(20-2)6-7-16(15)18/h6-7,10-11H,3-5,8-9H2,1-2H3. The van der Waals surface area contributed by atoms with Crippen molar-refractivity contribution in [2.75, 3.05) is 12.4 Å². The molecule has 0 aliphatic rings. The molecule has 108 valence electrons. The molecule has 2 aromatic rings. The third kappa shape index (κ3) is 3.42. The molecule has 20 heavy (non-hydrogen) atoms. The largest absolute Gasteiger partial charge is 0.497 e. The van der Waals surface area contributed by atoms with Crippen molar-refractivity contribution in [3.8, 4) is 5.75 Å². The van der Waals surface area contributed by atoms with Crippen LogP contribution in [0.5, 0.6) is 5.75 Å². The fraction of sp³-hybridized carbons (Fsp3) is 0.438. The van der Waals surface area contributed by atoms with Gasteiger partial charge in [-0.25, -0.2) is 0 Å². The predicted molar refractivity (Wildman–Crippen MR) is 85.8 cm³/mol. The first-order valence-electron chi connectivity index (χ1n) is 6.85. The number of ether oxygens (including phenoxy) is 1. The number of carbonyl (C=O) groups is 1. The molecule has 0 aliphatic heterocycles. The van der Waals surface area contributed by atoms with Crippen LogP contribution < -0.4 is 4.74 Å². The van der Waals surface area contributed by atoms with E-state index in [9.17, 15) is 4.79 Å². The summed E-state index contributed by atoms with van der Waals surface area (Å²) >= 11 is 3.39. The van der Waals surface area contributed by atoms with Crippen LogP contribution in [-0.2, 0) is 18.3 Å². The maximum absolute atomic E-state index is 12.0. The molecule has 4 heteroatoms. The molecule has 0 bridgehead atoms. The van der Waals surface area contributed by atoms with Gasteiger partial charge in [-0.15, -0.1) is 0 Å². The minimum atomic E-state index is 0.307. The Balaban J connectivity index is 2.19. The summed E-state index contributed by atoms with van der Waals surface area (Å²) in [7, 11) is 3.67. The van der Waals surface area contributed by atoms with Gasteiger partial charge in [-0.3, -0.25) is 4.79 Å². The summed E-state index contributed by atoms with van der Waals surface area (Å²) in [4.78, 5) is 12.0. The van der Waals surface area contributed by atoms with Gasteiger partial charge in [0.1, 0.15) is 11.5 Å². The van der Waals surface area contributed by atoms with Crippen molar-refractivity contribution < 1.29 is 9.53 Å². The Labute approximate surface area is 128 Å². The van der Waals surface area contributed by atoms with E-state index in [1.807, 2.05) is 31.4 Å². The Morgan fingerprint density at radius 3 is 2.85 bits per heavy atom. The average molecular weight is 338 g/mol. The number of nitrogens with zero attached hydrogens (tertiary/aromatic N) is 1. The molecule has 0 atom stereocenters. The summed E-state index contributed by atoms with van der Waals surface area (Å²) < 4.78 is 7.34. The van der Waals surface area contributed by atoms with E-state index >= 15 is 0 Å². The van der Waals surface area contributed by atoms with Crippen molar-refractivity contribution in [2.45, 2.75) is 25.7 Å². The van der Waals surface area contributed by atoms with Crippen molar-refractivity contribution in [3.05, 3.63) is 30.0 Å². The molecule has 0 radical (unpaired) electrons. The number of unbranched alkanes of at least 4 members (excludes halogenated alkanes) is 1. The number of hydrogen-bond acceptors (Lipinski definition) is 2. The number of hydrogen-bond donors (Lipinski definition) is 0. The van der Waals surface area contributed by atoms with E-state index in [4.69, 9.17) is 4.74 Å². The summed E-state index contributed by atoms with van der Waals surface area (Å²) in [6.07, 6.45) is 5.22. The zero-order valence-electron chi connectivity index (χ0n) is 12.0. The first-order valence-corrected chi connectivity index (χ1v) is 7.97. The number of aromatic nitrogens is 1. The van der Waals surface area contributed by atoms with Crippen molar-refractivity contribution >= 4 is 32.6 Å². The van der Waals surface area contributed by atoms with Gasteiger partial charge in [0.2, 0.25) is 0 Å². The van der Waals surface area contributed by atoms with Crippen LogP contribution in [0, 0.1) is 0 Å². The molecule has 2 rings (SSSR count). The number of methoxy groups -OCH3 is 1. The second-order valence-electron chi connectivity index (χ2n) is 5.01. The van der Waals surface area contributed by atoms with Crippen LogP contribution in [-0.4, -0.2) is 22.8 Å². The second kappa shape index (κ2) is 6.93. The number of benzene rings is 1. The topological polar surface area (TPSA) is 31.2 Å². The van der Waals surface area contributed by atoms with E-state index in [2.05, 4.69) is 20.5 Å². The van der Waals surface area contributed by atoms with Gasteiger partial charge in [0, 0.05) is 42.3 Å². The van der Waals surface area contributed by atoms with Gasteiger partial charge < -0.3 is 9.30 Å². The SMILES string of the molecule is COc1ccc2c(c1)c(CC(=O)CCCCBr)cn2C. The number of halogens is 1. The summed E-state index contributed by atoms with van der Waals surface area (Å²) in [5.74, 6) is 1.14. The minimum Gasteiger partial charge on any atom is -0.497 e. The lowest BCUT2D eigenvalue weighted by Crippen LogP contribution is -2.02. The number of rotatable bonds is 7. The van der Waals surface area contributed by atoms with Crippen molar-refractivity contribution in [1.29, 1.82) is 0 Å². The lowest BCUT2D eigenvalue weighted by molar-refractivity contribution is -0.118. The molecule has 0 spiro atoms. The first kappa shape index (κ1) is 15.1. The summed E-state index contributed by atoms with van der Waals surface area (Å²) in [6.45, 7) is 0. The molecule has 0 fully saturated rings. The van der Waals surface area contributed by atoms with Crippen LogP contribution in [0.1, 0.15) is 24.8 Å². The van der Waals surface area contributed by atoms with Crippen molar-refractivity contribution in [3.63, 3.8) is 0 Å². The maximum atomic E-state index is 12.0. The van der Waals surface area contributed by atoms with Crippen LogP contribution >= 0.6 is 15.9 Å². The van der Waals surface area contributed by atoms with Gasteiger partial charge in [0.15, 0.2) is 0 Å². The molecule has 1 heterocycles. The van der Waals surface area contributed by atoms with Crippen molar-refractivity contribution in [1.82, 2.24) is 4.57 Å². The normalized spacial score (nSPS) is 10.9. The van der Waals surface area contributed by atoms with Crippen LogP contribution in [0.2, 0.25) is 0 Å². The fourth-order valence-electron chi connectivity index (χ4n) is 2.44. The highest BCUT2D eigenvalue weighted by molar-refractivity contribution is 9.09. The van der Waals surface area contributed by atoms with Crippen molar-refractivity contribution in [2.24, 2.45) is 7.05 Å². The average Bonchev–Trinajstić information content (AvgIpc) is 2.75. The predicted octanol–water partition coefficient (Wildman–Crippen LogP) is 3.86. The van der Waals surface area contributed by atoms with Gasteiger partial charge >= 0.3 is 0 Å². The van der Waals surface area contributed by atoms with E-state index in [0.717, 1.165) is 40.4 Å². The molecule has 0 saturated carbocycles. The van der Waals surface area contributed by atoms with Gasteiger partial charge in [-0.05, 0) is 36.6 Å². The summed E-state index contributed by atoms with van der Waals surface area (Å²) in [5.41, 5.74) is 2.22. The van der Waals surface area contributed by atoms with Crippen LogP contribution in [0.25, 0.3) is 10.9 Å². The Morgan fingerprint density at radius 2 is 2.15 bits per heavy atom. The number of Topliss-reactive ketones (excluding diaryl/α,β-unsaturated/α-hetero) is 1. The molecule has 1 aromatic heterocycles.